The van der Waals surface area contributed by atoms with Crippen LogP contribution >= 0.6 is 0 Å². The van der Waals surface area contributed by atoms with Gasteiger partial charge in [0.1, 0.15) is 5.54 Å². The summed E-state index contributed by atoms with van der Waals surface area (Å²) < 4.78 is 0. The number of nitrogens with zero attached hydrogens (tertiary/aromatic N) is 3. The molecule has 0 spiro atoms. The van der Waals surface area contributed by atoms with Crippen molar-refractivity contribution in [1.29, 1.82) is 5.26 Å². The summed E-state index contributed by atoms with van der Waals surface area (Å²) in [7, 11) is 6.47. The highest BCUT2D eigenvalue weighted by atomic mass is 15.1. The van der Waals surface area contributed by atoms with Crippen molar-refractivity contribution in [2.24, 2.45) is 5.92 Å². The van der Waals surface area contributed by atoms with E-state index < -0.39 is 0 Å². The van der Waals surface area contributed by atoms with Gasteiger partial charge in [0, 0.05) is 6.04 Å². The second kappa shape index (κ2) is 7.58. The topological polar surface area (TPSA) is 42.3 Å². The zero-order chi connectivity index (χ0) is 15.3. The predicted molar refractivity (Wildman–Crippen MR) is 87.1 cm³/mol. The van der Waals surface area contributed by atoms with Gasteiger partial charge < -0.3 is 9.80 Å². The number of hydrogen-bond acceptors (Lipinski definition) is 4. The van der Waals surface area contributed by atoms with Crippen molar-refractivity contribution in [3.05, 3.63) is 0 Å². The van der Waals surface area contributed by atoms with Crippen molar-refractivity contribution in [2.45, 2.75) is 56.5 Å². The summed E-state index contributed by atoms with van der Waals surface area (Å²) in [6.07, 6.45) is 8.39. The lowest BCUT2D eigenvalue weighted by molar-refractivity contribution is 0.240. The van der Waals surface area contributed by atoms with Gasteiger partial charge in [0.2, 0.25) is 0 Å². The van der Waals surface area contributed by atoms with Gasteiger partial charge in [0.15, 0.2) is 0 Å². The molecule has 4 nitrogen and oxygen atoms in total. The van der Waals surface area contributed by atoms with Crippen molar-refractivity contribution >= 4 is 0 Å². The molecule has 2 rings (SSSR count). The van der Waals surface area contributed by atoms with Crippen molar-refractivity contribution in [2.75, 3.05) is 40.8 Å². The molecule has 2 aliphatic carbocycles. The molecule has 1 N–H and O–H groups in total. The van der Waals surface area contributed by atoms with E-state index in [0.29, 0.717) is 12.0 Å². The molecule has 0 aromatic rings. The van der Waals surface area contributed by atoms with Crippen LogP contribution in [0.4, 0.5) is 0 Å². The Hall–Kier alpha value is -0.630. The Labute approximate surface area is 130 Å². The Balaban J connectivity index is 1.74. The fraction of sp³-hybridized carbons (Fsp3) is 0.941. The van der Waals surface area contributed by atoms with Crippen molar-refractivity contribution in [1.82, 2.24) is 15.1 Å². The van der Waals surface area contributed by atoms with E-state index in [9.17, 15) is 5.26 Å². The molecule has 21 heavy (non-hydrogen) atoms. The quantitative estimate of drug-likeness (QED) is 0.706. The second-order valence-corrected chi connectivity index (χ2v) is 7.34. The van der Waals surface area contributed by atoms with Gasteiger partial charge in [-0.2, -0.15) is 5.26 Å². The number of nitriles is 1. The highest BCUT2D eigenvalue weighted by Crippen LogP contribution is 2.40. The minimum absolute atomic E-state index is 0.217. The molecular weight excluding hydrogens is 260 g/mol. The molecule has 0 aromatic heterocycles. The largest absolute Gasteiger partial charge is 0.309 e. The fourth-order valence-electron chi connectivity index (χ4n) is 3.57. The Morgan fingerprint density at radius 1 is 1.14 bits per heavy atom. The zero-order valence-electron chi connectivity index (χ0n) is 14.1. The first-order chi connectivity index (χ1) is 10.1. The van der Waals surface area contributed by atoms with Gasteiger partial charge in [0.25, 0.3) is 0 Å². The van der Waals surface area contributed by atoms with E-state index >= 15 is 0 Å². The molecule has 0 aliphatic heterocycles. The Morgan fingerprint density at radius 3 is 2.52 bits per heavy atom. The van der Waals surface area contributed by atoms with Gasteiger partial charge in [-0.1, -0.05) is 6.42 Å². The van der Waals surface area contributed by atoms with Crippen molar-refractivity contribution in [3.8, 4) is 6.07 Å². The standard InChI is InChI=1S/C17H32N4/c1-20(2)11-5-12-21(3)13-9-15-6-4-10-17(15,14-18)19-16-7-8-16/h15-16,19H,4-13H2,1-3H3. The molecular formula is C17H32N4. The summed E-state index contributed by atoms with van der Waals surface area (Å²) in [5, 5.41) is 13.4. The Morgan fingerprint density at radius 2 is 1.90 bits per heavy atom. The smallest absolute Gasteiger partial charge is 0.109 e. The van der Waals surface area contributed by atoms with Gasteiger partial charge in [-0.15, -0.1) is 0 Å². The third-order valence-electron chi connectivity index (χ3n) is 5.06. The fourth-order valence-corrected chi connectivity index (χ4v) is 3.57. The van der Waals surface area contributed by atoms with Crippen LogP contribution in [0.5, 0.6) is 0 Å². The maximum Gasteiger partial charge on any atom is 0.109 e. The molecule has 120 valence electrons. The molecule has 0 radical (unpaired) electrons. The Bertz CT molecular complexity index is 358. The maximum atomic E-state index is 9.70. The van der Waals surface area contributed by atoms with Crippen LogP contribution in [0.25, 0.3) is 0 Å². The van der Waals surface area contributed by atoms with E-state index in [2.05, 4.69) is 42.3 Å². The molecule has 0 bridgehead atoms. The Kier molecular flexibility index (Phi) is 6.04. The van der Waals surface area contributed by atoms with Crippen LogP contribution in [0.3, 0.4) is 0 Å². The molecule has 0 heterocycles. The van der Waals surface area contributed by atoms with E-state index in [0.717, 1.165) is 32.5 Å². The van der Waals surface area contributed by atoms with Crippen molar-refractivity contribution in [3.63, 3.8) is 0 Å². The van der Waals surface area contributed by atoms with Crippen LogP contribution < -0.4 is 5.32 Å². The zero-order valence-corrected chi connectivity index (χ0v) is 14.1. The monoisotopic (exact) mass is 292 g/mol. The van der Waals surface area contributed by atoms with Crippen LogP contribution in [0.2, 0.25) is 0 Å². The van der Waals surface area contributed by atoms with Gasteiger partial charge in [-0.05, 0) is 85.2 Å². The molecule has 2 saturated carbocycles. The number of nitrogens with one attached hydrogen (secondary N) is 1. The summed E-state index contributed by atoms with van der Waals surface area (Å²) >= 11 is 0. The highest BCUT2D eigenvalue weighted by molar-refractivity contribution is 5.16. The molecule has 2 fully saturated rings. The average Bonchev–Trinajstić information content (AvgIpc) is 3.15. The second-order valence-electron chi connectivity index (χ2n) is 7.34. The lowest BCUT2D eigenvalue weighted by atomic mass is 9.85. The highest BCUT2D eigenvalue weighted by Gasteiger charge is 2.45. The molecule has 0 amide bonds. The lowest BCUT2D eigenvalue weighted by Gasteiger charge is -2.31. The number of rotatable bonds is 9. The van der Waals surface area contributed by atoms with E-state index in [4.69, 9.17) is 0 Å². The van der Waals surface area contributed by atoms with Crippen LogP contribution in [-0.4, -0.2) is 62.2 Å². The first-order valence-electron chi connectivity index (χ1n) is 8.58. The third-order valence-corrected chi connectivity index (χ3v) is 5.06. The summed E-state index contributed by atoms with van der Waals surface area (Å²) in [5.41, 5.74) is -0.217. The van der Waals surface area contributed by atoms with Crippen LogP contribution in [0.15, 0.2) is 0 Å². The molecule has 2 atom stereocenters. The van der Waals surface area contributed by atoms with E-state index in [-0.39, 0.29) is 5.54 Å². The van der Waals surface area contributed by atoms with E-state index in [1.807, 2.05) is 0 Å². The molecule has 4 heteroatoms. The predicted octanol–water partition coefficient (Wildman–Crippen LogP) is 2.07. The van der Waals surface area contributed by atoms with Gasteiger partial charge in [0.05, 0.1) is 6.07 Å². The molecule has 2 unspecified atom stereocenters. The van der Waals surface area contributed by atoms with Gasteiger partial charge in [-0.25, -0.2) is 0 Å². The molecule has 0 aromatic carbocycles. The average molecular weight is 292 g/mol. The van der Waals surface area contributed by atoms with Crippen molar-refractivity contribution < 1.29 is 0 Å². The maximum absolute atomic E-state index is 9.70. The molecule has 2 aliphatic rings. The minimum atomic E-state index is -0.217. The SMILES string of the molecule is CN(C)CCCN(C)CCC1CCCC1(C#N)NC1CC1. The minimum Gasteiger partial charge on any atom is -0.309 e. The lowest BCUT2D eigenvalue weighted by Crippen LogP contribution is -2.48. The summed E-state index contributed by atoms with van der Waals surface area (Å²) in [5.74, 6) is 0.541. The normalized spacial score (nSPS) is 29.2. The summed E-state index contributed by atoms with van der Waals surface area (Å²) in [6, 6.07) is 3.27. The first-order valence-corrected chi connectivity index (χ1v) is 8.58. The first kappa shape index (κ1) is 16.7. The molecule has 0 saturated heterocycles. The van der Waals surface area contributed by atoms with E-state index in [1.165, 1.54) is 32.1 Å². The van der Waals surface area contributed by atoms with Gasteiger partial charge in [-0.3, -0.25) is 5.32 Å². The van der Waals surface area contributed by atoms with Crippen LogP contribution in [0, 0.1) is 17.2 Å². The third kappa shape index (κ3) is 4.95. The summed E-state index contributed by atoms with van der Waals surface area (Å²) in [6.45, 7) is 3.42. The van der Waals surface area contributed by atoms with Crippen LogP contribution in [0.1, 0.15) is 44.9 Å². The number of hydrogen-bond donors (Lipinski definition) is 1. The van der Waals surface area contributed by atoms with Crippen LogP contribution in [-0.2, 0) is 0 Å². The van der Waals surface area contributed by atoms with E-state index in [1.54, 1.807) is 0 Å². The summed E-state index contributed by atoms with van der Waals surface area (Å²) in [4.78, 5) is 4.67. The van der Waals surface area contributed by atoms with Gasteiger partial charge >= 0.3 is 0 Å².